The summed E-state index contributed by atoms with van der Waals surface area (Å²) in [6.45, 7) is 5.70. The van der Waals surface area contributed by atoms with Gasteiger partial charge in [-0.2, -0.15) is 0 Å². The molecule has 10 heteroatoms. The van der Waals surface area contributed by atoms with Crippen molar-refractivity contribution in [2.24, 2.45) is 0 Å². The number of hydrogen-bond donors (Lipinski definition) is 3. The maximum absolute atomic E-state index is 15.4. The number of hydrogen-bond acceptors (Lipinski definition) is 8. The van der Waals surface area contributed by atoms with Crippen LogP contribution in [-0.2, 0) is 15.1 Å². The molecular weight excluding hydrogens is 487 g/mol. The van der Waals surface area contributed by atoms with Gasteiger partial charge in [0, 0.05) is 55.4 Å². The molecule has 192 valence electrons. The van der Waals surface area contributed by atoms with E-state index in [1.54, 1.807) is 6.20 Å². The molecule has 0 bridgehead atoms. The number of aliphatic hydroxyl groups excluding tert-OH is 1. The van der Waals surface area contributed by atoms with E-state index >= 15 is 4.39 Å². The molecule has 0 spiro atoms. The molecule has 1 aromatic carbocycles. The number of anilines is 1. The van der Waals surface area contributed by atoms with Gasteiger partial charge < -0.3 is 25.0 Å². The van der Waals surface area contributed by atoms with Crippen LogP contribution < -0.4 is 5.32 Å². The first-order chi connectivity index (χ1) is 17.3. The highest BCUT2D eigenvalue weighted by atomic mass is 35.5. The van der Waals surface area contributed by atoms with Crippen molar-refractivity contribution in [1.82, 2.24) is 15.0 Å². The van der Waals surface area contributed by atoms with Gasteiger partial charge >= 0.3 is 0 Å². The number of ether oxygens (including phenoxy) is 2. The first-order valence-electron chi connectivity index (χ1n) is 12.2. The zero-order chi connectivity index (χ0) is 25.4. The second-order valence-corrected chi connectivity index (χ2v) is 10.2. The monoisotopic (exact) mass is 516 g/mol. The third-order valence-electron chi connectivity index (χ3n) is 7.02. The summed E-state index contributed by atoms with van der Waals surface area (Å²) >= 11 is 6.47. The summed E-state index contributed by atoms with van der Waals surface area (Å²) in [4.78, 5) is 13.2. The Morgan fingerprint density at radius 2 is 1.92 bits per heavy atom. The molecule has 2 aromatic heterocycles. The number of aliphatic hydroxyl groups is 2. The van der Waals surface area contributed by atoms with E-state index in [2.05, 4.69) is 20.3 Å². The highest BCUT2D eigenvalue weighted by molar-refractivity contribution is 6.33. The quantitative estimate of drug-likeness (QED) is 0.463. The van der Waals surface area contributed by atoms with Gasteiger partial charge in [0.15, 0.2) is 0 Å². The predicted molar refractivity (Wildman–Crippen MR) is 135 cm³/mol. The van der Waals surface area contributed by atoms with Crippen molar-refractivity contribution in [2.75, 3.05) is 31.7 Å². The largest absolute Gasteiger partial charge is 0.389 e. The molecule has 4 heterocycles. The topological polar surface area (TPSA) is 110 Å². The first-order valence-corrected chi connectivity index (χ1v) is 12.6. The van der Waals surface area contributed by atoms with Crippen molar-refractivity contribution in [2.45, 2.75) is 56.8 Å². The van der Waals surface area contributed by atoms with Gasteiger partial charge in [0.2, 0.25) is 5.95 Å². The van der Waals surface area contributed by atoms with Crippen molar-refractivity contribution in [3.05, 3.63) is 46.5 Å². The minimum absolute atomic E-state index is 0.000117. The summed E-state index contributed by atoms with van der Waals surface area (Å²) in [6.07, 6.45) is 3.88. The van der Waals surface area contributed by atoms with Crippen LogP contribution in [0.5, 0.6) is 0 Å². The van der Waals surface area contributed by atoms with Crippen LogP contribution in [0, 0.1) is 5.82 Å². The molecule has 0 unspecified atom stereocenters. The summed E-state index contributed by atoms with van der Waals surface area (Å²) in [5, 5.41) is 25.7. The van der Waals surface area contributed by atoms with E-state index in [4.69, 9.17) is 21.1 Å². The maximum atomic E-state index is 15.4. The van der Waals surface area contributed by atoms with E-state index in [-0.39, 0.29) is 35.1 Å². The number of rotatable bonds is 5. The second-order valence-electron chi connectivity index (χ2n) is 9.81. The van der Waals surface area contributed by atoms with Crippen LogP contribution in [0.25, 0.3) is 22.2 Å². The normalized spacial score (nSPS) is 22.2. The summed E-state index contributed by atoms with van der Waals surface area (Å²) in [6, 6.07) is 2.93. The molecule has 5 rings (SSSR count). The lowest BCUT2D eigenvalue weighted by atomic mass is 9.80. The number of pyridine rings is 1. The molecule has 3 N–H and O–H groups in total. The van der Waals surface area contributed by atoms with Gasteiger partial charge in [-0.15, -0.1) is 0 Å². The average Bonchev–Trinajstić information content (AvgIpc) is 2.86. The summed E-state index contributed by atoms with van der Waals surface area (Å²) in [5.41, 5.74) is 1.54. The van der Waals surface area contributed by atoms with E-state index in [0.717, 1.165) is 5.56 Å². The minimum atomic E-state index is -1.08. The molecule has 8 nitrogen and oxygen atoms in total. The van der Waals surface area contributed by atoms with Gasteiger partial charge in [0.1, 0.15) is 11.3 Å². The maximum Gasteiger partial charge on any atom is 0.223 e. The molecule has 0 saturated carbocycles. The number of halogens is 2. The number of fused-ring (bicyclic) bond motifs is 1. The Balaban J connectivity index is 1.61. The van der Waals surface area contributed by atoms with Crippen molar-refractivity contribution < 1.29 is 24.1 Å². The Hall–Kier alpha value is -2.43. The van der Waals surface area contributed by atoms with E-state index in [0.29, 0.717) is 61.3 Å². The van der Waals surface area contributed by atoms with Crippen LogP contribution >= 0.6 is 11.6 Å². The minimum Gasteiger partial charge on any atom is -0.389 e. The Morgan fingerprint density at radius 3 is 2.64 bits per heavy atom. The fourth-order valence-corrected chi connectivity index (χ4v) is 5.28. The van der Waals surface area contributed by atoms with Crippen molar-refractivity contribution in [1.29, 1.82) is 0 Å². The van der Waals surface area contributed by atoms with Crippen LogP contribution in [0.1, 0.15) is 50.2 Å². The fourth-order valence-electron chi connectivity index (χ4n) is 5.08. The number of benzene rings is 1. The molecule has 0 aliphatic carbocycles. The molecule has 2 fully saturated rings. The molecule has 36 heavy (non-hydrogen) atoms. The van der Waals surface area contributed by atoms with Crippen molar-refractivity contribution >= 4 is 28.5 Å². The molecule has 2 aliphatic rings. The highest BCUT2D eigenvalue weighted by Gasteiger charge is 2.35. The van der Waals surface area contributed by atoms with Crippen LogP contribution in [0.3, 0.4) is 0 Å². The Morgan fingerprint density at radius 1 is 1.14 bits per heavy atom. The Kier molecular flexibility index (Phi) is 7.11. The van der Waals surface area contributed by atoms with Gasteiger partial charge in [-0.25, -0.2) is 14.4 Å². The van der Waals surface area contributed by atoms with Gasteiger partial charge in [-0.1, -0.05) is 25.4 Å². The third kappa shape index (κ3) is 4.78. The van der Waals surface area contributed by atoms with Crippen LogP contribution in [-0.4, -0.2) is 63.7 Å². The zero-order valence-electron chi connectivity index (χ0n) is 20.3. The summed E-state index contributed by atoms with van der Waals surface area (Å²) < 4.78 is 26.1. The number of nitrogens with zero attached hydrogens (tertiary/aromatic N) is 3. The lowest BCUT2D eigenvalue weighted by Crippen LogP contribution is -2.42. The summed E-state index contributed by atoms with van der Waals surface area (Å²) in [7, 11) is 0. The molecule has 0 amide bonds. The van der Waals surface area contributed by atoms with Gasteiger partial charge in [-0.3, -0.25) is 4.98 Å². The average molecular weight is 517 g/mol. The second kappa shape index (κ2) is 10.1. The molecule has 2 saturated heterocycles. The van der Waals surface area contributed by atoms with Gasteiger partial charge in [0.25, 0.3) is 0 Å². The highest BCUT2D eigenvalue weighted by Crippen LogP contribution is 2.41. The standard InChI is InChI=1S/C26H30ClFN4O4/c1-14(2)22-16-9-15(10-19(28)24(16)29-11-17(22)26(34)4-7-35-8-5-26)23-18(27)12-30-25(32-23)31-20-3-6-36-13-21(20)33/h9-12,14,20-21,33-34H,3-8,13H2,1-2H3,(H,30,31,32)/t20-,21+/m1/s1. The van der Waals surface area contributed by atoms with E-state index in [1.807, 2.05) is 19.9 Å². The smallest absolute Gasteiger partial charge is 0.223 e. The van der Waals surface area contributed by atoms with Crippen LogP contribution in [0.15, 0.2) is 24.5 Å². The lowest BCUT2D eigenvalue weighted by molar-refractivity contribution is -0.0686. The molecule has 2 atom stereocenters. The van der Waals surface area contributed by atoms with Crippen LogP contribution in [0.2, 0.25) is 5.02 Å². The Bertz CT molecular complexity index is 1270. The van der Waals surface area contributed by atoms with E-state index in [9.17, 15) is 10.2 Å². The lowest BCUT2D eigenvalue weighted by Gasteiger charge is -2.35. The number of aromatic nitrogens is 3. The van der Waals surface area contributed by atoms with Crippen LogP contribution in [0.4, 0.5) is 10.3 Å². The predicted octanol–water partition coefficient (Wildman–Crippen LogP) is 4.17. The molecule has 3 aromatic rings. The third-order valence-corrected chi connectivity index (χ3v) is 7.30. The molecular formula is C26H30ClFN4O4. The van der Waals surface area contributed by atoms with Gasteiger partial charge in [-0.05, 0) is 30.0 Å². The molecule has 2 aliphatic heterocycles. The van der Waals surface area contributed by atoms with E-state index in [1.165, 1.54) is 12.3 Å². The summed E-state index contributed by atoms with van der Waals surface area (Å²) in [5.74, 6) is -0.215. The Labute approximate surface area is 213 Å². The zero-order valence-corrected chi connectivity index (χ0v) is 21.1. The van der Waals surface area contributed by atoms with E-state index < -0.39 is 17.5 Å². The first kappa shape index (κ1) is 25.2. The number of nitrogens with one attached hydrogen (secondary N) is 1. The van der Waals surface area contributed by atoms with Crippen molar-refractivity contribution in [3.8, 4) is 11.3 Å². The van der Waals surface area contributed by atoms with Crippen molar-refractivity contribution in [3.63, 3.8) is 0 Å². The fraction of sp³-hybridized carbons (Fsp3) is 0.500. The van der Waals surface area contributed by atoms with Gasteiger partial charge in [0.05, 0.1) is 41.3 Å². The molecule has 0 radical (unpaired) electrons. The SMILES string of the molecule is CC(C)c1c(C2(O)CCOCC2)cnc2c(F)cc(-c3nc(N[C@@H]4CCOC[C@@H]4O)ncc3Cl)cc12.